The molecular weight excluding hydrogens is 529 g/mol. The smallest absolute Gasteiger partial charge is 1.00 e. The molecular formula is C30H35Cl2FeN3. The van der Waals surface area contributed by atoms with E-state index in [1.807, 2.05) is 56.3 Å². The molecule has 3 rings (SSSR count). The molecule has 0 bridgehead atoms. The Labute approximate surface area is 240 Å². The monoisotopic (exact) mass is 563 g/mol. The van der Waals surface area contributed by atoms with Gasteiger partial charge in [-0.05, 0) is 67.0 Å². The van der Waals surface area contributed by atoms with E-state index in [0.717, 1.165) is 46.2 Å². The maximum atomic E-state index is 5.10. The number of benzene rings is 2. The van der Waals surface area contributed by atoms with Crippen molar-refractivity contribution in [2.75, 3.05) is 0 Å². The van der Waals surface area contributed by atoms with Gasteiger partial charge in [0.15, 0.2) is 0 Å². The van der Waals surface area contributed by atoms with E-state index in [1.165, 1.54) is 11.1 Å². The van der Waals surface area contributed by atoms with Gasteiger partial charge in [0.05, 0.1) is 34.2 Å². The van der Waals surface area contributed by atoms with Crippen molar-refractivity contribution in [1.29, 1.82) is 0 Å². The number of aliphatic imine (C=N–C) groups is 2. The van der Waals surface area contributed by atoms with Crippen molar-refractivity contribution in [2.45, 2.75) is 59.8 Å². The van der Waals surface area contributed by atoms with Crippen molar-refractivity contribution < 1.29 is 41.9 Å². The minimum absolute atomic E-state index is 0. The van der Waals surface area contributed by atoms with Gasteiger partial charge >= 0.3 is 17.1 Å². The Morgan fingerprint density at radius 2 is 1.28 bits per heavy atom. The zero-order valence-electron chi connectivity index (χ0n) is 21.9. The van der Waals surface area contributed by atoms with Crippen LogP contribution in [0.5, 0.6) is 0 Å². The molecule has 192 valence electrons. The number of hydrogen-bond acceptors (Lipinski definition) is 3. The van der Waals surface area contributed by atoms with Crippen LogP contribution in [0.2, 0.25) is 0 Å². The molecule has 6 heteroatoms. The van der Waals surface area contributed by atoms with Crippen molar-refractivity contribution in [2.24, 2.45) is 9.98 Å². The Morgan fingerprint density at radius 1 is 0.778 bits per heavy atom. The zero-order chi connectivity index (χ0) is 24.0. The number of halogens is 2. The van der Waals surface area contributed by atoms with Crippen LogP contribution >= 0.6 is 0 Å². The molecule has 3 nitrogen and oxygen atoms in total. The molecule has 0 amide bonds. The molecule has 1 aromatic heterocycles. The molecule has 0 radical (unpaired) electrons. The average molecular weight is 564 g/mol. The van der Waals surface area contributed by atoms with Gasteiger partial charge in [-0.15, -0.1) is 6.58 Å². The molecule has 3 aromatic rings. The maximum absolute atomic E-state index is 5.10. The molecule has 0 aliphatic carbocycles. The van der Waals surface area contributed by atoms with E-state index < -0.39 is 0 Å². The van der Waals surface area contributed by atoms with Crippen molar-refractivity contribution in [3.05, 3.63) is 101 Å². The number of para-hydroxylation sites is 2. The SMILES string of the molecule is C=CCc1ccccc1/N=C(\C)c1cccc(/C(C)=N/c2c(C(C)C)cccc2C(C)C)n1.[Cl-].[Cl-].[Fe+2]. The first-order valence-electron chi connectivity index (χ1n) is 11.7. The molecule has 0 aliphatic heterocycles. The van der Waals surface area contributed by atoms with E-state index in [2.05, 4.69) is 58.5 Å². The van der Waals surface area contributed by atoms with Gasteiger partial charge in [0.25, 0.3) is 0 Å². The van der Waals surface area contributed by atoms with Gasteiger partial charge in [0.1, 0.15) is 0 Å². The standard InChI is InChI=1S/C30H35N3.2ClH.Fe/c1-8-13-24-14-9-10-17-29(24)31-22(6)27-18-12-19-28(33-27)23(7)32-30-25(20(2)3)15-11-16-26(30)21(4)5;;;/h8-12,14-21H,1,13H2,2-7H3;2*1H;/q;;;+2/p-2/b31-22+,32-23+;;;. The third-order valence-electron chi connectivity index (χ3n) is 5.76. The van der Waals surface area contributed by atoms with E-state index >= 15 is 0 Å². The quantitative estimate of drug-likeness (QED) is 0.235. The normalized spacial score (nSPS) is 11.4. The largest absolute Gasteiger partial charge is 2.00 e. The van der Waals surface area contributed by atoms with Crippen LogP contribution < -0.4 is 24.8 Å². The van der Waals surface area contributed by atoms with Gasteiger partial charge in [-0.2, -0.15) is 0 Å². The molecule has 0 unspecified atom stereocenters. The van der Waals surface area contributed by atoms with Crippen LogP contribution in [0.4, 0.5) is 11.4 Å². The van der Waals surface area contributed by atoms with Crippen LogP contribution in [-0.2, 0) is 23.5 Å². The predicted octanol–water partition coefficient (Wildman–Crippen LogP) is 2.34. The van der Waals surface area contributed by atoms with Gasteiger partial charge in [-0.3, -0.25) is 9.98 Å². The van der Waals surface area contributed by atoms with Crippen LogP contribution in [0.25, 0.3) is 0 Å². The van der Waals surface area contributed by atoms with Crippen LogP contribution in [0.1, 0.15) is 81.5 Å². The first-order valence-corrected chi connectivity index (χ1v) is 11.7. The van der Waals surface area contributed by atoms with E-state index in [0.29, 0.717) is 11.8 Å². The van der Waals surface area contributed by atoms with Crippen molar-refractivity contribution in [3.63, 3.8) is 0 Å². The van der Waals surface area contributed by atoms with Gasteiger partial charge in [0, 0.05) is 0 Å². The van der Waals surface area contributed by atoms with Crippen LogP contribution in [0.15, 0.2) is 83.3 Å². The summed E-state index contributed by atoms with van der Waals surface area (Å²) in [6, 6.07) is 20.7. The third kappa shape index (κ3) is 8.42. The number of allylic oxidation sites excluding steroid dienone is 1. The number of nitrogens with zero attached hydrogens (tertiary/aromatic N) is 3. The van der Waals surface area contributed by atoms with Crippen LogP contribution in [0.3, 0.4) is 0 Å². The summed E-state index contributed by atoms with van der Waals surface area (Å²) < 4.78 is 0. The summed E-state index contributed by atoms with van der Waals surface area (Å²) in [7, 11) is 0. The fraction of sp³-hybridized carbons (Fsp3) is 0.300. The first-order chi connectivity index (χ1) is 15.8. The van der Waals surface area contributed by atoms with Crippen molar-refractivity contribution >= 4 is 22.8 Å². The number of aromatic nitrogens is 1. The number of pyridine rings is 1. The Balaban J connectivity index is 0.00000408. The van der Waals surface area contributed by atoms with Crippen molar-refractivity contribution in [3.8, 4) is 0 Å². The van der Waals surface area contributed by atoms with Gasteiger partial charge in [-0.1, -0.05) is 76.2 Å². The second-order valence-electron chi connectivity index (χ2n) is 9.02. The Hall–Kier alpha value is -2.23. The molecule has 0 saturated heterocycles. The fourth-order valence-electron chi connectivity index (χ4n) is 3.89. The molecule has 0 N–H and O–H groups in total. The Bertz CT molecular complexity index is 1170. The summed E-state index contributed by atoms with van der Waals surface area (Å²) >= 11 is 0. The summed E-state index contributed by atoms with van der Waals surface area (Å²) in [6.45, 7) is 16.8. The van der Waals surface area contributed by atoms with E-state index in [9.17, 15) is 0 Å². The molecule has 1 heterocycles. The molecule has 2 aromatic carbocycles. The summed E-state index contributed by atoms with van der Waals surface area (Å²) in [5.74, 6) is 0.805. The summed E-state index contributed by atoms with van der Waals surface area (Å²) in [5, 5.41) is 0. The number of hydrogen-bond donors (Lipinski definition) is 0. The molecule has 0 fully saturated rings. The molecule has 0 spiro atoms. The third-order valence-corrected chi connectivity index (χ3v) is 5.76. The zero-order valence-corrected chi connectivity index (χ0v) is 24.5. The Kier molecular flexibility index (Phi) is 14.8. The summed E-state index contributed by atoms with van der Waals surface area (Å²) in [6.07, 6.45) is 2.70. The molecule has 0 atom stereocenters. The van der Waals surface area contributed by atoms with Crippen LogP contribution in [0, 0.1) is 0 Å². The maximum Gasteiger partial charge on any atom is 2.00 e. The number of rotatable bonds is 8. The van der Waals surface area contributed by atoms with E-state index in [1.54, 1.807) is 0 Å². The summed E-state index contributed by atoms with van der Waals surface area (Å²) in [5.41, 5.74) is 9.26. The molecule has 0 saturated carbocycles. The topological polar surface area (TPSA) is 37.6 Å². The molecule has 36 heavy (non-hydrogen) atoms. The average Bonchev–Trinajstić information content (AvgIpc) is 2.80. The van der Waals surface area contributed by atoms with Gasteiger partial charge in [-0.25, -0.2) is 4.98 Å². The van der Waals surface area contributed by atoms with E-state index in [4.69, 9.17) is 15.0 Å². The minimum atomic E-state index is 0. The van der Waals surface area contributed by atoms with Crippen molar-refractivity contribution in [1.82, 2.24) is 4.98 Å². The first kappa shape index (κ1) is 33.8. The van der Waals surface area contributed by atoms with Crippen LogP contribution in [-0.4, -0.2) is 16.4 Å². The molecule has 0 aliphatic rings. The van der Waals surface area contributed by atoms with Gasteiger partial charge < -0.3 is 24.8 Å². The fourth-order valence-corrected chi connectivity index (χ4v) is 3.89. The second kappa shape index (κ2) is 15.8. The van der Waals surface area contributed by atoms with E-state index in [-0.39, 0.29) is 41.9 Å². The second-order valence-corrected chi connectivity index (χ2v) is 9.02. The minimum Gasteiger partial charge on any atom is -1.00 e. The summed E-state index contributed by atoms with van der Waals surface area (Å²) in [4.78, 5) is 14.9. The Morgan fingerprint density at radius 3 is 1.81 bits per heavy atom. The predicted molar refractivity (Wildman–Crippen MR) is 143 cm³/mol. The van der Waals surface area contributed by atoms with Gasteiger partial charge in [0.2, 0.25) is 0 Å².